The molecule has 0 bridgehead atoms. The first kappa shape index (κ1) is 12.5. The van der Waals surface area contributed by atoms with Gasteiger partial charge in [0.15, 0.2) is 11.6 Å². The monoisotopic (exact) mass is 269 g/mol. The number of hydrogen-bond donors (Lipinski definition) is 0. The predicted octanol–water partition coefficient (Wildman–Crippen LogP) is 2.90. The van der Waals surface area contributed by atoms with E-state index in [9.17, 15) is 0 Å². The number of benzene rings is 1. The van der Waals surface area contributed by atoms with E-state index in [1.54, 1.807) is 13.2 Å². The smallest absolute Gasteiger partial charge is 0.284 e. The molecule has 0 saturated heterocycles. The van der Waals surface area contributed by atoms with Crippen LogP contribution in [0.4, 0.5) is 0 Å². The van der Waals surface area contributed by atoms with E-state index in [0.29, 0.717) is 24.1 Å². The van der Waals surface area contributed by atoms with Crippen molar-refractivity contribution in [1.29, 1.82) is 0 Å². The lowest BCUT2D eigenvalue weighted by Gasteiger charge is -2.05. The maximum atomic E-state index is 5.53. The van der Waals surface area contributed by atoms with Crippen LogP contribution in [0.3, 0.4) is 0 Å². The van der Waals surface area contributed by atoms with Crippen LogP contribution in [-0.4, -0.2) is 21.9 Å². The molecule has 0 amide bonds. The molecule has 102 valence electrons. The van der Waals surface area contributed by atoms with E-state index in [2.05, 4.69) is 35.2 Å². The second-order valence-electron chi connectivity index (χ2n) is 4.55. The van der Waals surface area contributed by atoms with E-state index in [1.807, 2.05) is 16.8 Å². The quantitative estimate of drug-likeness (QED) is 0.730. The molecular formula is C15H15N3O2. The lowest BCUT2D eigenvalue weighted by molar-refractivity contribution is 0.308. The molecule has 1 aromatic carbocycles. The molecule has 0 radical (unpaired) electrons. The highest BCUT2D eigenvalue weighted by Gasteiger charge is 2.12. The van der Waals surface area contributed by atoms with Crippen LogP contribution < -0.4 is 4.74 Å². The zero-order chi connectivity index (χ0) is 13.9. The van der Waals surface area contributed by atoms with Crippen LogP contribution in [0.5, 0.6) is 5.95 Å². The van der Waals surface area contributed by atoms with Crippen molar-refractivity contribution in [1.82, 2.24) is 14.8 Å². The van der Waals surface area contributed by atoms with E-state index in [4.69, 9.17) is 9.15 Å². The molecule has 0 aliphatic heterocycles. The van der Waals surface area contributed by atoms with Gasteiger partial charge in [-0.2, -0.15) is 5.10 Å². The summed E-state index contributed by atoms with van der Waals surface area (Å²) >= 11 is 0. The van der Waals surface area contributed by atoms with Gasteiger partial charge in [0.05, 0.1) is 13.7 Å². The number of aromatic nitrogens is 3. The van der Waals surface area contributed by atoms with Crippen molar-refractivity contribution in [3.63, 3.8) is 0 Å². The summed E-state index contributed by atoms with van der Waals surface area (Å²) in [4.78, 5) is 4.26. The first-order chi connectivity index (χ1) is 9.76. The van der Waals surface area contributed by atoms with Gasteiger partial charge in [-0.3, -0.25) is 0 Å². The Bertz CT molecular complexity index is 715. The SMILES string of the molecule is COc1ccc(-c2ncnn2Cc2cccc(C)c2)o1. The fourth-order valence-corrected chi connectivity index (χ4v) is 2.10. The van der Waals surface area contributed by atoms with Gasteiger partial charge in [0.1, 0.15) is 6.33 Å². The molecule has 2 heterocycles. The molecule has 0 N–H and O–H groups in total. The Labute approximate surface area is 116 Å². The van der Waals surface area contributed by atoms with E-state index >= 15 is 0 Å². The van der Waals surface area contributed by atoms with E-state index < -0.39 is 0 Å². The lowest BCUT2D eigenvalue weighted by Crippen LogP contribution is -2.03. The fraction of sp³-hybridized carbons (Fsp3) is 0.200. The molecule has 0 aliphatic carbocycles. The maximum Gasteiger partial charge on any atom is 0.284 e. The highest BCUT2D eigenvalue weighted by molar-refractivity contribution is 5.48. The van der Waals surface area contributed by atoms with Gasteiger partial charge in [0.2, 0.25) is 0 Å². The molecule has 20 heavy (non-hydrogen) atoms. The van der Waals surface area contributed by atoms with Crippen molar-refractivity contribution in [2.75, 3.05) is 7.11 Å². The Morgan fingerprint density at radius 2 is 2.15 bits per heavy atom. The largest absolute Gasteiger partial charge is 0.468 e. The Kier molecular flexibility index (Phi) is 3.25. The summed E-state index contributed by atoms with van der Waals surface area (Å²) in [7, 11) is 1.57. The second kappa shape index (κ2) is 5.21. The van der Waals surface area contributed by atoms with Gasteiger partial charge in [-0.05, 0) is 18.6 Å². The third kappa shape index (κ3) is 2.42. The summed E-state index contributed by atoms with van der Waals surface area (Å²) in [6.45, 7) is 2.73. The number of furan rings is 1. The molecule has 0 atom stereocenters. The van der Waals surface area contributed by atoms with Gasteiger partial charge in [-0.25, -0.2) is 9.67 Å². The zero-order valence-corrected chi connectivity index (χ0v) is 11.4. The molecule has 3 rings (SSSR count). The number of hydrogen-bond acceptors (Lipinski definition) is 4. The van der Waals surface area contributed by atoms with Gasteiger partial charge in [0, 0.05) is 6.07 Å². The molecule has 2 aromatic heterocycles. The van der Waals surface area contributed by atoms with Crippen LogP contribution in [0.2, 0.25) is 0 Å². The average molecular weight is 269 g/mol. The molecule has 5 heteroatoms. The van der Waals surface area contributed by atoms with Gasteiger partial charge in [-0.1, -0.05) is 29.8 Å². The number of aryl methyl sites for hydroxylation is 1. The molecule has 0 spiro atoms. The summed E-state index contributed by atoms with van der Waals surface area (Å²) in [5.74, 6) is 1.80. The average Bonchev–Trinajstić information content (AvgIpc) is 3.06. The Morgan fingerprint density at radius 3 is 2.90 bits per heavy atom. The first-order valence-electron chi connectivity index (χ1n) is 6.34. The van der Waals surface area contributed by atoms with Crippen molar-refractivity contribution in [3.8, 4) is 17.5 Å². The van der Waals surface area contributed by atoms with Crippen molar-refractivity contribution < 1.29 is 9.15 Å². The minimum atomic E-state index is 0.463. The summed E-state index contributed by atoms with van der Waals surface area (Å²) in [6, 6.07) is 11.9. The minimum Gasteiger partial charge on any atom is -0.468 e. The highest BCUT2D eigenvalue weighted by Crippen LogP contribution is 2.24. The van der Waals surface area contributed by atoms with Gasteiger partial charge in [-0.15, -0.1) is 0 Å². The minimum absolute atomic E-state index is 0.463. The van der Waals surface area contributed by atoms with Gasteiger partial charge in [0.25, 0.3) is 5.95 Å². The summed E-state index contributed by atoms with van der Waals surface area (Å²) in [5, 5.41) is 4.26. The maximum absolute atomic E-state index is 5.53. The third-order valence-electron chi connectivity index (χ3n) is 3.03. The van der Waals surface area contributed by atoms with E-state index in [-0.39, 0.29) is 0 Å². The summed E-state index contributed by atoms with van der Waals surface area (Å²) in [6.07, 6.45) is 1.53. The van der Waals surface area contributed by atoms with Crippen molar-refractivity contribution in [2.45, 2.75) is 13.5 Å². The number of nitrogens with zero attached hydrogens (tertiary/aromatic N) is 3. The predicted molar refractivity (Wildman–Crippen MR) is 74.6 cm³/mol. The first-order valence-corrected chi connectivity index (χ1v) is 6.34. The van der Waals surface area contributed by atoms with Crippen LogP contribution in [-0.2, 0) is 6.54 Å². The van der Waals surface area contributed by atoms with Gasteiger partial charge >= 0.3 is 0 Å². The van der Waals surface area contributed by atoms with Crippen molar-refractivity contribution in [3.05, 3.63) is 53.9 Å². The van der Waals surface area contributed by atoms with Crippen LogP contribution in [0.1, 0.15) is 11.1 Å². The van der Waals surface area contributed by atoms with E-state index in [1.165, 1.54) is 17.5 Å². The van der Waals surface area contributed by atoms with Crippen molar-refractivity contribution in [2.24, 2.45) is 0 Å². The number of methoxy groups -OCH3 is 1. The van der Waals surface area contributed by atoms with Crippen LogP contribution in [0.25, 0.3) is 11.6 Å². The van der Waals surface area contributed by atoms with Crippen LogP contribution >= 0.6 is 0 Å². The summed E-state index contributed by atoms with van der Waals surface area (Å²) < 4.78 is 12.4. The second-order valence-corrected chi connectivity index (χ2v) is 4.55. The van der Waals surface area contributed by atoms with Crippen LogP contribution in [0.15, 0.2) is 47.1 Å². The van der Waals surface area contributed by atoms with Crippen LogP contribution in [0, 0.1) is 6.92 Å². The topological polar surface area (TPSA) is 53.1 Å². The third-order valence-corrected chi connectivity index (χ3v) is 3.03. The standard InChI is InChI=1S/C15H15N3O2/c1-11-4-3-5-12(8-11)9-18-15(16-10-17-18)13-6-7-14(19-2)20-13/h3-8,10H,9H2,1-2H3. The Hall–Kier alpha value is -2.56. The molecule has 5 nitrogen and oxygen atoms in total. The molecule has 0 saturated carbocycles. The number of ether oxygens (including phenoxy) is 1. The highest BCUT2D eigenvalue weighted by atomic mass is 16.6. The zero-order valence-electron chi connectivity index (χ0n) is 11.4. The molecule has 3 aromatic rings. The molecule has 0 fully saturated rings. The molecule has 0 aliphatic rings. The van der Waals surface area contributed by atoms with Gasteiger partial charge < -0.3 is 9.15 Å². The Balaban J connectivity index is 1.90. The molecular weight excluding hydrogens is 254 g/mol. The van der Waals surface area contributed by atoms with Crippen molar-refractivity contribution >= 4 is 0 Å². The fourth-order valence-electron chi connectivity index (χ4n) is 2.10. The lowest BCUT2D eigenvalue weighted by atomic mass is 10.1. The number of rotatable bonds is 4. The van der Waals surface area contributed by atoms with E-state index in [0.717, 1.165) is 0 Å². The summed E-state index contributed by atoms with van der Waals surface area (Å²) in [5.41, 5.74) is 2.40. The molecule has 0 unspecified atom stereocenters. The normalized spacial score (nSPS) is 10.7. The Morgan fingerprint density at radius 1 is 1.25 bits per heavy atom.